The molecule has 21 heavy (non-hydrogen) atoms. The quantitative estimate of drug-likeness (QED) is 0.733. The van der Waals surface area contributed by atoms with Crippen LogP contribution in [0.1, 0.15) is 29.4 Å². The molecule has 2 rings (SSSR count). The third-order valence-corrected chi connectivity index (χ3v) is 3.04. The van der Waals surface area contributed by atoms with Crippen LogP contribution in [0.4, 0.5) is 10.1 Å². The lowest BCUT2D eigenvalue weighted by molar-refractivity contribution is 0.0954. The standard InChI is InChI=1S/C15H19FN4O/c1-2-7-18-14-12(4-3-5-13(14)16)15(21)19-8-6-11-9-17-10-20-11/h3-5,9-10,18H,2,6-8H2,1H3,(H,17,20)(H,19,21). The smallest absolute Gasteiger partial charge is 0.253 e. The van der Waals surface area contributed by atoms with Crippen LogP contribution in [0.25, 0.3) is 0 Å². The maximum absolute atomic E-state index is 13.8. The van der Waals surface area contributed by atoms with Gasteiger partial charge < -0.3 is 15.6 Å². The van der Waals surface area contributed by atoms with Crippen LogP contribution in [-0.2, 0) is 6.42 Å². The summed E-state index contributed by atoms with van der Waals surface area (Å²) in [5.41, 5.74) is 1.53. The Balaban J connectivity index is 1.99. The number of benzene rings is 1. The highest BCUT2D eigenvalue weighted by atomic mass is 19.1. The molecular formula is C15H19FN4O. The van der Waals surface area contributed by atoms with E-state index in [4.69, 9.17) is 0 Å². The Morgan fingerprint density at radius 1 is 1.38 bits per heavy atom. The van der Waals surface area contributed by atoms with E-state index in [9.17, 15) is 9.18 Å². The molecule has 1 amide bonds. The molecule has 0 unspecified atom stereocenters. The summed E-state index contributed by atoms with van der Waals surface area (Å²) in [5.74, 6) is -0.697. The summed E-state index contributed by atoms with van der Waals surface area (Å²) in [4.78, 5) is 19.0. The lowest BCUT2D eigenvalue weighted by Crippen LogP contribution is -2.27. The minimum atomic E-state index is -0.412. The number of carbonyl (C=O) groups excluding carboxylic acids is 1. The van der Waals surface area contributed by atoms with Gasteiger partial charge in [0.05, 0.1) is 17.6 Å². The summed E-state index contributed by atoms with van der Waals surface area (Å²) in [6.07, 6.45) is 4.81. The maximum atomic E-state index is 13.8. The molecule has 0 fully saturated rings. The molecule has 0 atom stereocenters. The Labute approximate surface area is 123 Å². The van der Waals surface area contributed by atoms with Gasteiger partial charge >= 0.3 is 0 Å². The minimum Gasteiger partial charge on any atom is -0.382 e. The number of halogens is 1. The molecule has 0 saturated carbocycles. The Morgan fingerprint density at radius 3 is 2.95 bits per heavy atom. The summed E-state index contributed by atoms with van der Waals surface area (Å²) >= 11 is 0. The SMILES string of the molecule is CCCNc1c(F)cccc1C(=O)NCCc1cnc[nH]1. The molecule has 0 saturated heterocycles. The lowest BCUT2D eigenvalue weighted by Gasteiger charge is -2.12. The van der Waals surface area contributed by atoms with E-state index < -0.39 is 5.82 Å². The highest BCUT2D eigenvalue weighted by molar-refractivity contribution is 5.99. The first-order valence-corrected chi connectivity index (χ1v) is 7.00. The first kappa shape index (κ1) is 15.0. The van der Waals surface area contributed by atoms with Crippen molar-refractivity contribution < 1.29 is 9.18 Å². The zero-order chi connectivity index (χ0) is 15.1. The molecule has 0 aliphatic heterocycles. The number of nitrogens with one attached hydrogen (secondary N) is 3. The molecule has 3 N–H and O–H groups in total. The number of hydrogen-bond acceptors (Lipinski definition) is 3. The molecule has 0 aliphatic carbocycles. The number of amides is 1. The number of imidazole rings is 1. The molecule has 6 heteroatoms. The topological polar surface area (TPSA) is 69.8 Å². The fourth-order valence-electron chi connectivity index (χ4n) is 1.97. The monoisotopic (exact) mass is 290 g/mol. The van der Waals surface area contributed by atoms with Crippen molar-refractivity contribution in [2.24, 2.45) is 0 Å². The maximum Gasteiger partial charge on any atom is 0.253 e. The summed E-state index contributed by atoms with van der Waals surface area (Å²) in [6.45, 7) is 3.07. The van der Waals surface area contributed by atoms with Crippen molar-refractivity contribution in [3.05, 3.63) is 47.8 Å². The third-order valence-electron chi connectivity index (χ3n) is 3.04. The van der Waals surface area contributed by atoms with Gasteiger partial charge in [-0.2, -0.15) is 0 Å². The number of rotatable bonds is 7. The fourth-order valence-corrected chi connectivity index (χ4v) is 1.97. The van der Waals surface area contributed by atoms with Crippen LogP contribution in [-0.4, -0.2) is 29.0 Å². The van der Waals surface area contributed by atoms with Gasteiger partial charge in [0.15, 0.2) is 0 Å². The van der Waals surface area contributed by atoms with Crippen LogP contribution < -0.4 is 10.6 Å². The number of carbonyl (C=O) groups is 1. The number of anilines is 1. The van der Waals surface area contributed by atoms with Gasteiger partial charge in [0.25, 0.3) is 5.91 Å². The molecule has 112 valence electrons. The van der Waals surface area contributed by atoms with E-state index >= 15 is 0 Å². The van der Waals surface area contributed by atoms with E-state index in [1.54, 1.807) is 18.6 Å². The van der Waals surface area contributed by atoms with E-state index in [2.05, 4.69) is 20.6 Å². The normalized spacial score (nSPS) is 10.4. The van der Waals surface area contributed by atoms with Gasteiger partial charge in [0, 0.05) is 31.4 Å². The van der Waals surface area contributed by atoms with Crippen molar-refractivity contribution in [1.82, 2.24) is 15.3 Å². The van der Waals surface area contributed by atoms with Crippen LogP contribution in [0.2, 0.25) is 0 Å². The van der Waals surface area contributed by atoms with E-state index in [0.717, 1.165) is 12.1 Å². The number of aromatic nitrogens is 2. The second-order valence-electron chi connectivity index (χ2n) is 4.67. The Hall–Kier alpha value is -2.37. The lowest BCUT2D eigenvalue weighted by atomic mass is 10.1. The average molecular weight is 290 g/mol. The predicted octanol–water partition coefficient (Wildman–Crippen LogP) is 2.34. The van der Waals surface area contributed by atoms with Crippen molar-refractivity contribution in [3.63, 3.8) is 0 Å². The minimum absolute atomic E-state index is 0.262. The number of nitrogens with zero attached hydrogens (tertiary/aromatic N) is 1. The fraction of sp³-hybridized carbons (Fsp3) is 0.333. The van der Waals surface area contributed by atoms with E-state index in [1.165, 1.54) is 12.1 Å². The van der Waals surface area contributed by atoms with Crippen LogP contribution in [0.3, 0.4) is 0 Å². The third kappa shape index (κ3) is 4.05. The largest absolute Gasteiger partial charge is 0.382 e. The van der Waals surface area contributed by atoms with Crippen LogP contribution in [0.5, 0.6) is 0 Å². The zero-order valence-electron chi connectivity index (χ0n) is 11.9. The molecule has 1 aromatic heterocycles. The molecule has 0 spiro atoms. The first-order valence-electron chi connectivity index (χ1n) is 7.00. The van der Waals surface area contributed by atoms with Crippen molar-refractivity contribution in [2.45, 2.75) is 19.8 Å². The number of para-hydroxylation sites is 1. The van der Waals surface area contributed by atoms with E-state index in [-0.39, 0.29) is 11.6 Å². The van der Waals surface area contributed by atoms with Crippen molar-refractivity contribution in [2.75, 3.05) is 18.4 Å². The van der Waals surface area contributed by atoms with Crippen molar-refractivity contribution >= 4 is 11.6 Å². The van der Waals surface area contributed by atoms with Crippen molar-refractivity contribution in [1.29, 1.82) is 0 Å². The van der Waals surface area contributed by atoms with Crippen LogP contribution >= 0.6 is 0 Å². The molecule has 1 heterocycles. The highest BCUT2D eigenvalue weighted by Crippen LogP contribution is 2.19. The summed E-state index contributed by atoms with van der Waals surface area (Å²) in [5, 5.41) is 5.75. The molecule has 1 aromatic carbocycles. The Bertz CT molecular complexity index is 583. The summed E-state index contributed by atoms with van der Waals surface area (Å²) in [6, 6.07) is 4.50. The highest BCUT2D eigenvalue weighted by Gasteiger charge is 2.14. The Kier molecular flexibility index (Phi) is 5.31. The summed E-state index contributed by atoms with van der Waals surface area (Å²) < 4.78 is 13.8. The first-order chi connectivity index (χ1) is 10.2. The second kappa shape index (κ2) is 7.42. The van der Waals surface area contributed by atoms with Crippen LogP contribution in [0, 0.1) is 5.82 Å². The molecule has 5 nitrogen and oxygen atoms in total. The number of hydrogen-bond donors (Lipinski definition) is 3. The van der Waals surface area contributed by atoms with Gasteiger partial charge in [-0.1, -0.05) is 13.0 Å². The molecule has 2 aromatic rings. The van der Waals surface area contributed by atoms with E-state index in [0.29, 0.717) is 25.1 Å². The predicted molar refractivity (Wildman–Crippen MR) is 79.8 cm³/mol. The van der Waals surface area contributed by atoms with Crippen molar-refractivity contribution in [3.8, 4) is 0 Å². The van der Waals surface area contributed by atoms with Gasteiger partial charge in [0.1, 0.15) is 5.82 Å². The van der Waals surface area contributed by atoms with Gasteiger partial charge in [0.2, 0.25) is 0 Å². The second-order valence-corrected chi connectivity index (χ2v) is 4.67. The number of aromatic amines is 1. The van der Waals surface area contributed by atoms with Gasteiger partial charge in [-0.3, -0.25) is 4.79 Å². The molecular weight excluding hydrogens is 271 g/mol. The number of H-pyrrole nitrogens is 1. The molecule has 0 bridgehead atoms. The van der Waals surface area contributed by atoms with Crippen LogP contribution in [0.15, 0.2) is 30.7 Å². The van der Waals surface area contributed by atoms with E-state index in [1.807, 2.05) is 6.92 Å². The average Bonchev–Trinajstić information content (AvgIpc) is 2.99. The van der Waals surface area contributed by atoms with Gasteiger partial charge in [-0.25, -0.2) is 9.37 Å². The molecule has 0 radical (unpaired) electrons. The van der Waals surface area contributed by atoms with Gasteiger partial charge in [-0.15, -0.1) is 0 Å². The molecule has 0 aliphatic rings. The zero-order valence-corrected chi connectivity index (χ0v) is 11.9. The summed E-state index contributed by atoms with van der Waals surface area (Å²) in [7, 11) is 0. The van der Waals surface area contributed by atoms with Gasteiger partial charge in [-0.05, 0) is 18.6 Å². The Morgan fingerprint density at radius 2 is 2.24 bits per heavy atom.